The summed E-state index contributed by atoms with van der Waals surface area (Å²) < 4.78 is 0. The van der Waals surface area contributed by atoms with Gasteiger partial charge in [0.15, 0.2) is 5.78 Å². The first-order valence-corrected chi connectivity index (χ1v) is 2.96. The number of aliphatic carboxylic acids is 1. The lowest BCUT2D eigenvalue weighted by molar-refractivity contribution is -0.146. The molecule has 0 aliphatic heterocycles. The Morgan fingerprint density at radius 2 is 2.09 bits per heavy atom. The predicted molar refractivity (Wildman–Crippen MR) is 37.0 cm³/mol. The number of carboxylic acids is 1. The lowest BCUT2D eigenvalue weighted by Crippen LogP contribution is -2.22. The predicted octanol–water partition coefficient (Wildman–Crippen LogP) is 0.0313. The van der Waals surface area contributed by atoms with Gasteiger partial charge in [-0.05, 0) is 6.08 Å². The molecule has 0 heterocycles. The van der Waals surface area contributed by atoms with Crippen LogP contribution in [0.5, 0.6) is 0 Å². The normalized spacial score (nSPS) is 11.6. The third-order valence-corrected chi connectivity index (χ3v) is 1.17. The highest BCUT2D eigenvalue weighted by Gasteiger charge is 2.22. The third kappa shape index (κ3) is 2.75. The number of carbonyl (C=O) groups is 3. The molecule has 0 aliphatic carbocycles. The van der Waals surface area contributed by atoms with Crippen molar-refractivity contribution in [2.75, 3.05) is 0 Å². The van der Waals surface area contributed by atoms with Crippen molar-refractivity contribution in [3.63, 3.8) is 0 Å². The Labute approximate surface area is 63.5 Å². The van der Waals surface area contributed by atoms with Crippen LogP contribution in [0, 0.1) is 5.92 Å². The van der Waals surface area contributed by atoms with Crippen molar-refractivity contribution < 1.29 is 19.5 Å². The molecule has 0 aliphatic rings. The zero-order chi connectivity index (χ0) is 8.85. The first-order chi connectivity index (χ1) is 5.13. The summed E-state index contributed by atoms with van der Waals surface area (Å²) in [6.45, 7) is 3.12. The number of ketones is 1. The first-order valence-electron chi connectivity index (χ1n) is 2.96. The van der Waals surface area contributed by atoms with E-state index in [1.165, 1.54) is 0 Å². The number of hydrogen-bond acceptors (Lipinski definition) is 3. The summed E-state index contributed by atoms with van der Waals surface area (Å²) >= 11 is 0. The molecule has 1 atom stereocenters. The molecule has 0 aromatic rings. The molecule has 60 valence electrons. The van der Waals surface area contributed by atoms with Crippen LogP contribution in [0.4, 0.5) is 0 Å². The molecule has 0 saturated carbocycles. The molecule has 0 amide bonds. The smallest absolute Gasteiger partial charge is 0.314 e. The second kappa shape index (κ2) is 4.38. The van der Waals surface area contributed by atoms with Crippen LogP contribution in [0.1, 0.15) is 6.42 Å². The maximum atomic E-state index is 10.7. The number of aldehydes is 1. The van der Waals surface area contributed by atoms with Crippen LogP contribution in [-0.2, 0) is 14.4 Å². The van der Waals surface area contributed by atoms with Crippen molar-refractivity contribution in [1.29, 1.82) is 0 Å². The summed E-state index contributed by atoms with van der Waals surface area (Å²) in [6, 6.07) is 0. The maximum absolute atomic E-state index is 10.7. The van der Waals surface area contributed by atoms with Crippen LogP contribution >= 0.6 is 0 Å². The van der Waals surface area contributed by atoms with Gasteiger partial charge in [-0.15, -0.1) is 0 Å². The van der Waals surface area contributed by atoms with Crippen LogP contribution in [-0.4, -0.2) is 23.1 Å². The number of hydrogen-bond donors (Lipinski definition) is 1. The molecule has 4 nitrogen and oxygen atoms in total. The molecule has 0 aromatic heterocycles. The summed E-state index contributed by atoms with van der Waals surface area (Å²) in [7, 11) is 0. The molecular weight excluding hydrogens is 148 g/mol. The lowest BCUT2D eigenvalue weighted by Gasteiger charge is -2.02. The summed E-state index contributed by atoms with van der Waals surface area (Å²) in [5, 5.41) is 8.38. The Hall–Kier alpha value is -1.45. The van der Waals surface area contributed by atoms with E-state index in [0.29, 0.717) is 6.29 Å². The highest BCUT2D eigenvalue weighted by Crippen LogP contribution is 2.03. The van der Waals surface area contributed by atoms with Gasteiger partial charge in [0.05, 0.1) is 0 Å². The average molecular weight is 156 g/mol. The molecule has 0 aromatic carbocycles. The topological polar surface area (TPSA) is 71.4 Å². The van der Waals surface area contributed by atoms with E-state index in [9.17, 15) is 14.4 Å². The fraction of sp³-hybridized carbons (Fsp3) is 0.286. The quantitative estimate of drug-likeness (QED) is 0.346. The van der Waals surface area contributed by atoms with Crippen LogP contribution in [0.2, 0.25) is 0 Å². The summed E-state index contributed by atoms with van der Waals surface area (Å²) in [4.78, 5) is 30.8. The fourth-order valence-electron chi connectivity index (χ4n) is 0.577. The number of carboxylic acid groups (broad SMARTS) is 1. The molecule has 1 unspecified atom stereocenters. The Bertz CT molecular complexity index is 195. The van der Waals surface area contributed by atoms with Gasteiger partial charge in [-0.3, -0.25) is 9.59 Å². The van der Waals surface area contributed by atoms with E-state index < -0.39 is 17.7 Å². The zero-order valence-electron chi connectivity index (χ0n) is 5.82. The van der Waals surface area contributed by atoms with E-state index in [1.807, 2.05) is 0 Å². The van der Waals surface area contributed by atoms with Gasteiger partial charge in [0, 0.05) is 6.42 Å². The van der Waals surface area contributed by atoms with Crippen LogP contribution in [0.15, 0.2) is 12.7 Å². The van der Waals surface area contributed by atoms with E-state index in [1.54, 1.807) is 0 Å². The molecule has 4 heteroatoms. The van der Waals surface area contributed by atoms with Gasteiger partial charge in [0.1, 0.15) is 12.2 Å². The Balaban J connectivity index is 4.32. The van der Waals surface area contributed by atoms with Gasteiger partial charge in [0.25, 0.3) is 0 Å². The Morgan fingerprint density at radius 1 is 1.55 bits per heavy atom. The highest BCUT2D eigenvalue weighted by molar-refractivity contribution is 6.05. The molecular formula is C7H8O4. The summed E-state index contributed by atoms with van der Waals surface area (Å²) in [5.41, 5.74) is 0. The first kappa shape index (κ1) is 9.55. The Morgan fingerprint density at radius 3 is 2.36 bits per heavy atom. The number of allylic oxidation sites excluding steroid dienone is 1. The van der Waals surface area contributed by atoms with Gasteiger partial charge in [-0.2, -0.15) is 0 Å². The number of carbonyl (C=O) groups excluding carboxylic acids is 2. The molecule has 0 rings (SSSR count). The molecule has 0 radical (unpaired) electrons. The zero-order valence-corrected chi connectivity index (χ0v) is 5.82. The fourth-order valence-corrected chi connectivity index (χ4v) is 0.577. The average Bonchev–Trinajstić information content (AvgIpc) is 1.98. The van der Waals surface area contributed by atoms with E-state index in [0.717, 1.165) is 6.08 Å². The highest BCUT2D eigenvalue weighted by atomic mass is 16.4. The van der Waals surface area contributed by atoms with Crippen molar-refractivity contribution in [1.82, 2.24) is 0 Å². The molecule has 0 fully saturated rings. The summed E-state index contributed by atoms with van der Waals surface area (Å²) in [5.74, 6) is -3.18. The Kier molecular flexibility index (Phi) is 3.80. The van der Waals surface area contributed by atoms with E-state index >= 15 is 0 Å². The molecule has 1 N–H and O–H groups in total. The van der Waals surface area contributed by atoms with Gasteiger partial charge in [-0.25, -0.2) is 0 Å². The van der Waals surface area contributed by atoms with Gasteiger partial charge in [0.2, 0.25) is 0 Å². The SMILES string of the molecule is C=CC(=O)C(CC=O)C(=O)O. The van der Waals surface area contributed by atoms with Crippen LogP contribution in [0.25, 0.3) is 0 Å². The van der Waals surface area contributed by atoms with E-state index in [2.05, 4.69) is 6.58 Å². The second-order valence-electron chi connectivity index (χ2n) is 1.90. The van der Waals surface area contributed by atoms with Crippen molar-refractivity contribution >= 4 is 18.0 Å². The largest absolute Gasteiger partial charge is 0.481 e. The minimum absolute atomic E-state index is 0.291. The van der Waals surface area contributed by atoms with Crippen molar-refractivity contribution in [2.45, 2.75) is 6.42 Å². The third-order valence-electron chi connectivity index (χ3n) is 1.17. The van der Waals surface area contributed by atoms with Gasteiger partial charge >= 0.3 is 5.97 Å². The minimum atomic E-state index is -1.29. The van der Waals surface area contributed by atoms with Crippen molar-refractivity contribution in [3.05, 3.63) is 12.7 Å². The van der Waals surface area contributed by atoms with Crippen LogP contribution < -0.4 is 0 Å². The van der Waals surface area contributed by atoms with E-state index in [4.69, 9.17) is 5.11 Å². The van der Waals surface area contributed by atoms with Gasteiger partial charge < -0.3 is 9.90 Å². The standard InChI is InChI=1S/C7H8O4/c1-2-6(9)5(3-4-8)7(10)11/h2,4-5H,1,3H2,(H,10,11). The van der Waals surface area contributed by atoms with Crippen LogP contribution in [0.3, 0.4) is 0 Å². The van der Waals surface area contributed by atoms with Crippen molar-refractivity contribution in [2.24, 2.45) is 5.92 Å². The molecule has 0 saturated heterocycles. The second-order valence-corrected chi connectivity index (χ2v) is 1.90. The maximum Gasteiger partial charge on any atom is 0.314 e. The summed E-state index contributed by atoms with van der Waals surface area (Å²) in [6.07, 6.45) is 1.02. The molecule has 0 bridgehead atoms. The lowest BCUT2D eigenvalue weighted by atomic mass is 10.0. The van der Waals surface area contributed by atoms with Crippen molar-refractivity contribution in [3.8, 4) is 0 Å². The molecule has 11 heavy (non-hydrogen) atoms. The van der Waals surface area contributed by atoms with E-state index in [-0.39, 0.29) is 6.42 Å². The molecule has 0 spiro atoms. The minimum Gasteiger partial charge on any atom is -0.481 e. The monoisotopic (exact) mass is 156 g/mol. The number of rotatable bonds is 5. The van der Waals surface area contributed by atoms with Gasteiger partial charge in [-0.1, -0.05) is 6.58 Å².